The monoisotopic (exact) mass is 473 g/mol. The van der Waals surface area contributed by atoms with E-state index in [2.05, 4.69) is 0 Å². The molecule has 1 fully saturated rings. The van der Waals surface area contributed by atoms with Crippen molar-refractivity contribution in [2.24, 2.45) is 0 Å². The van der Waals surface area contributed by atoms with Gasteiger partial charge in [0.05, 0.1) is 18.1 Å². The predicted molar refractivity (Wildman–Crippen MR) is 124 cm³/mol. The van der Waals surface area contributed by atoms with Crippen molar-refractivity contribution < 1.29 is 27.1 Å². The van der Waals surface area contributed by atoms with Crippen molar-refractivity contribution in [2.75, 3.05) is 24.7 Å². The Labute approximate surface area is 193 Å². The molecule has 0 amide bonds. The molecule has 2 aromatic carbocycles. The number of benzene rings is 2. The van der Waals surface area contributed by atoms with E-state index in [0.29, 0.717) is 30.2 Å². The van der Waals surface area contributed by atoms with Crippen molar-refractivity contribution in [1.82, 2.24) is 4.90 Å². The Morgan fingerprint density at radius 3 is 2.52 bits per heavy atom. The van der Waals surface area contributed by atoms with Gasteiger partial charge in [-0.05, 0) is 61.9 Å². The first kappa shape index (κ1) is 23.5. The number of hydrogen-bond donors (Lipinski definition) is 1. The highest BCUT2D eigenvalue weighted by atomic mass is 32.2. The minimum atomic E-state index is -3.09. The van der Waals surface area contributed by atoms with Gasteiger partial charge in [-0.3, -0.25) is 4.90 Å². The first-order valence-electron chi connectivity index (χ1n) is 10.9. The molecule has 0 saturated carbocycles. The highest BCUT2D eigenvalue weighted by Gasteiger charge is 2.33. The Morgan fingerprint density at radius 2 is 1.85 bits per heavy atom. The van der Waals surface area contributed by atoms with Gasteiger partial charge in [-0.25, -0.2) is 12.8 Å². The molecule has 3 aromatic rings. The van der Waals surface area contributed by atoms with Crippen LogP contribution < -0.4 is 4.74 Å². The van der Waals surface area contributed by atoms with Gasteiger partial charge in [-0.1, -0.05) is 17.7 Å². The summed E-state index contributed by atoms with van der Waals surface area (Å²) < 4.78 is 49.0. The van der Waals surface area contributed by atoms with Crippen LogP contribution in [0.1, 0.15) is 17.7 Å². The second kappa shape index (κ2) is 10.1. The number of rotatable bonds is 9. The van der Waals surface area contributed by atoms with E-state index in [9.17, 15) is 17.9 Å². The average molecular weight is 474 g/mol. The van der Waals surface area contributed by atoms with E-state index in [0.717, 1.165) is 11.1 Å². The van der Waals surface area contributed by atoms with Crippen LogP contribution in [0.5, 0.6) is 5.75 Å². The predicted octanol–water partition coefficient (Wildman–Crippen LogP) is 3.82. The van der Waals surface area contributed by atoms with Crippen molar-refractivity contribution in [3.63, 3.8) is 0 Å². The topological polar surface area (TPSA) is 80.0 Å². The van der Waals surface area contributed by atoms with Crippen LogP contribution in [0.4, 0.5) is 4.39 Å². The number of aryl methyl sites for hydroxylation is 1. The lowest BCUT2D eigenvalue weighted by Gasteiger charge is -2.29. The van der Waals surface area contributed by atoms with E-state index >= 15 is 0 Å². The number of aliphatic hydroxyl groups excluding tert-OH is 1. The van der Waals surface area contributed by atoms with Gasteiger partial charge in [0.1, 0.15) is 35.8 Å². The van der Waals surface area contributed by atoms with Gasteiger partial charge < -0.3 is 14.3 Å². The Balaban J connectivity index is 1.43. The van der Waals surface area contributed by atoms with Gasteiger partial charge in [0.2, 0.25) is 0 Å². The summed E-state index contributed by atoms with van der Waals surface area (Å²) >= 11 is 0. The lowest BCUT2D eigenvalue weighted by molar-refractivity contribution is 0.0498. The zero-order valence-corrected chi connectivity index (χ0v) is 19.3. The minimum Gasteiger partial charge on any atom is -0.491 e. The van der Waals surface area contributed by atoms with Crippen molar-refractivity contribution in [3.8, 4) is 17.1 Å². The normalized spacial score (nSPS) is 18.5. The molecule has 0 aliphatic carbocycles. The summed E-state index contributed by atoms with van der Waals surface area (Å²) in [6, 6.07) is 17.0. The molecule has 33 heavy (non-hydrogen) atoms. The molecule has 1 aliphatic heterocycles. The highest BCUT2D eigenvalue weighted by Crippen LogP contribution is 2.26. The molecule has 1 aromatic heterocycles. The van der Waals surface area contributed by atoms with Crippen molar-refractivity contribution in [2.45, 2.75) is 32.0 Å². The zero-order chi connectivity index (χ0) is 23.4. The van der Waals surface area contributed by atoms with Crippen LogP contribution in [0.25, 0.3) is 11.3 Å². The number of sulfone groups is 1. The van der Waals surface area contributed by atoms with Crippen LogP contribution >= 0.6 is 0 Å². The molecule has 6 nitrogen and oxygen atoms in total. The Hall–Kier alpha value is -2.68. The van der Waals surface area contributed by atoms with Crippen molar-refractivity contribution in [3.05, 3.63) is 77.8 Å². The lowest BCUT2D eigenvalue weighted by Crippen LogP contribution is -2.42. The van der Waals surface area contributed by atoms with E-state index in [1.165, 1.54) is 12.1 Å². The van der Waals surface area contributed by atoms with Gasteiger partial charge in [0.15, 0.2) is 9.84 Å². The number of hydrogen-bond acceptors (Lipinski definition) is 6. The van der Waals surface area contributed by atoms with Crippen molar-refractivity contribution in [1.29, 1.82) is 0 Å². The van der Waals surface area contributed by atoms with E-state index in [1.807, 2.05) is 48.2 Å². The molecule has 1 aliphatic rings. The molecule has 0 bridgehead atoms. The first-order chi connectivity index (χ1) is 15.8. The standard InChI is InChI=1S/C25H28FNO5S/c1-18-2-8-23(9-3-18)31-16-22(28)14-27(21-12-13-33(29,30)17-21)15-24-10-11-25(32-24)19-4-6-20(26)7-5-19/h2-11,21-22,28H,12-17H2,1H3. The number of halogens is 1. The van der Waals surface area contributed by atoms with Crippen LogP contribution in [-0.4, -0.2) is 55.2 Å². The van der Waals surface area contributed by atoms with Gasteiger partial charge in [0.25, 0.3) is 0 Å². The molecule has 2 atom stereocenters. The van der Waals surface area contributed by atoms with Crippen LogP contribution in [-0.2, 0) is 16.4 Å². The van der Waals surface area contributed by atoms with Gasteiger partial charge in [-0.15, -0.1) is 0 Å². The number of ether oxygens (including phenoxy) is 1. The number of aliphatic hydroxyl groups is 1. The SMILES string of the molecule is Cc1ccc(OCC(O)CN(Cc2ccc(-c3ccc(F)cc3)o2)C2CCS(=O)(=O)C2)cc1. The summed E-state index contributed by atoms with van der Waals surface area (Å²) in [7, 11) is -3.09. The summed E-state index contributed by atoms with van der Waals surface area (Å²) in [5.41, 5.74) is 1.87. The largest absolute Gasteiger partial charge is 0.491 e. The van der Waals surface area contributed by atoms with Crippen LogP contribution in [0.3, 0.4) is 0 Å². The zero-order valence-electron chi connectivity index (χ0n) is 18.5. The summed E-state index contributed by atoms with van der Waals surface area (Å²) in [5.74, 6) is 1.80. The second-order valence-electron chi connectivity index (χ2n) is 8.54. The van der Waals surface area contributed by atoms with E-state index in [-0.39, 0.29) is 36.5 Å². The van der Waals surface area contributed by atoms with E-state index in [1.54, 1.807) is 12.1 Å². The molecule has 0 radical (unpaired) electrons. The fraction of sp³-hybridized carbons (Fsp3) is 0.360. The second-order valence-corrected chi connectivity index (χ2v) is 10.8. The summed E-state index contributed by atoms with van der Waals surface area (Å²) in [6.45, 7) is 2.68. The number of nitrogens with zero attached hydrogens (tertiary/aromatic N) is 1. The van der Waals surface area contributed by atoms with Gasteiger partial charge in [0, 0.05) is 18.2 Å². The molecule has 1 N–H and O–H groups in total. The molecule has 2 unspecified atom stereocenters. The molecular weight excluding hydrogens is 445 g/mol. The fourth-order valence-corrected chi connectivity index (χ4v) is 5.75. The Morgan fingerprint density at radius 1 is 1.12 bits per heavy atom. The molecule has 4 rings (SSSR count). The Bertz CT molecular complexity index is 1160. The molecule has 1 saturated heterocycles. The fourth-order valence-electron chi connectivity index (χ4n) is 3.99. The summed E-state index contributed by atoms with van der Waals surface area (Å²) in [6.07, 6.45) is -0.291. The van der Waals surface area contributed by atoms with Crippen LogP contribution in [0.2, 0.25) is 0 Å². The summed E-state index contributed by atoms with van der Waals surface area (Å²) in [5, 5.41) is 10.6. The smallest absolute Gasteiger partial charge is 0.151 e. The quantitative estimate of drug-likeness (QED) is 0.509. The van der Waals surface area contributed by atoms with Gasteiger partial charge in [-0.2, -0.15) is 0 Å². The third-order valence-electron chi connectivity index (χ3n) is 5.78. The van der Waals surface area contributed by atoms with Gasteiger partial charge >= 0.3 is 0 Å². The maximum absolute atomic E-state index is 13.2. The van der Waals surface area contributed by atoms with Crippen molar-refractivity contribution >= 4 is 9.84 Å². The first-order valence-corrected chi connectivity index (χ1v) is 12.8. The number of furan rings is 1. The third-order valence-corrected chi connectivity index (χ3v) is 7.53. The molecular formula is C25H28FNO5S. The third kappa shape index (κ3) is 6.43. The van der Waals surface area contributed by atoms with Crippen LogP contribution in [0.15, 0.2) is 65.1 Å². The minimum absolute atomic E-state index is 0.0596. The maximum atomic E-state index is 13.2. The van der Waals surface area contributed by atoms with Crippen LogP contribution in [0, 0.1) is 12.7 Å². The molecule has 8 heteroatoms. The Kier molecular flexibility index (Phi) is 7.17. The average Bonchev–Trinajstić information content (AvgIpc) is 3.39. The molecule has 0 spiro atoms. The molecule has 2 heterocycles. The highest BCUT2D eigenvalue weighted by molar-refractivity contribution is 7.91. The summed E-state index contributed by atoms with van der Waals surface area (Å²) in [4.78, 5) is 1.95. The van der Waals surface area contributed by atoms with E-state index in [4.69, 9.17) is 9.15 Å². The molecule has 176 valence electrons. The van der Waals surface area contributed by atoms with E-state index < -0.39 is 15.9 Å². The maximum Gasteiger partial charge on any atom is 0.151 e. The lowest BCUT2D eigenvalue weighted by atomic mass is 10.2.